The second-order valence-corrected chi connectivity index (χ2v) is 7.14. The molecule has 4 N–H and O–H groups in total. The van der Waals surface area contributed by atoms with Crippen LogP contribution in [0.3, 0.4) is 0 Å². The van der Waals surface area contributed by atoms with E-state index in [1.54, 1.807) is 23.9 Å². The summed E-state index contributed by atoms with van der Waals surface area (Å²) in [6, 6.07) is 3.18. The highest BCUT2D eigenvalue weighted by Crippen LogP contribution is 2.30. The molecule has 1 aromatic rings. The van der Waals surface area contributed by atoms with Crippen molar-refractivity contribution < 1.29 is 8.42 Å². The van der Waals surface area contributed by atoms with Gasteiger partial charge in [0.05, 0.1) is 5.69 Å². The van der Waals surface area contributed by atoms with Crippen LogP contribution in [-0.4, -0.2) is 30.9 Å². The number of aromatic nitrogens is 1. The molecule has 0 aromatic carbocycles. The summed E-state index contributed by atoms with van der Waals surface area (Å²) < 4.78 is 27.4. The Hall–Kier alpha value is -0.830. The molecule has 8 heteroatoms. The highest BCUT2D eigenvalue weighted by atomic mass is 32.2. The Balaban J connectivity index is 2.23. The fourth-order valence-electron chi connectivity index (χ4n) is 2.31. The van der Waals surface area contributed by atoms with Crippen LogP contribution < -0.4 is 16.0 Å². The molecule has 1 aromatic heterocycles. The molecule has 106 valence electrons. The van der Waals surface area contributed by atoms with Crippen molar-refractivity contribution in [2.75, 3.05) is 11.7 Å². The third kappa shape index (κ3) is 3.19. The van der Waals surface area contributed by atoms with Crippen LogP contribution in [0.25, 0.3) is 0 Å². The van der Waals surface area contributed by atoms with Gasteiger partial charge >= 0.3 is 0 Å². The highest BCUT2D eigenvalue weighted by Gasteiger charge is 2.32. The van der Waals surface area contributed by atoms with Crippen LogP contribution in [-0.2, 0) is 10.0 Å². The Kier molecular flexibility index (Phi) is 4.67. The van der Waals surface area contributed by atoms with Gasteiger partial charge in [0.15, 0.2) is 5.03 Å². The Bertz CT molecular complexity index is 535. The van der Waals surface area contributed by atoms with Gasteiger partial charge in [0.25, 0.3) is 10.0 Å². The molecular formula is C11H18N4O2S2. The number of hydrazine groups is 1. The molecule has 1 saturated carbocycles. The Morgan fingerprint density at radius 3 is 2.95 bits per heavy atom. The van der Waals surface area contributed by atoms with Gasteiger partial charge in [-0.15, -0.1) is 0 Å². The van der Waals surface area contributed by atoms with Crippen LogP contribution in [0.1, 0.15) is 19.3 Å². The average molecular weight is 302 g/mol. The lowest BCUT2D eigenvalue weighted by Gasteiger charge is -2.19. The predicted molar refractivity (Wildman–Crippen MR) is 77.3 cm³/mol. The average Bonchev–Trinajstić information content (AvgIpc) is 2.85. The molecule has 0 amide bonds. The third-order valence-electron chi connectivity index (χ3n) is 3.24. The molecule has 1 aliphatic rings. The standard InChI is InChI=1S/C11H18N4O2S2/c1-18-10-6-2-4-8(10)15-19(16,17)11-9(14-12)5-3-7-13-11/h3,5,7-8,10,14-15H,2,4,6,12H2,1H3. The molecule has 2 rings (SSSR count). The van der Waals surface area contributed by atoms with Crippen molar-refractivity contribution in [1.82, 2.24) is 9.71 Å². The number of pyridine rings is 1. The lowest BCUT2D eigenvalue weighted by molar-refractivity contribution is 0.552. The van der Waals surface area contributed by atoms with Gasteiger partial charge in [0, 0.05) is 17.5 Å². The fraction of sp³-hybridized carbons (Fsp3) is 0.545. The van der Waals surface area contributed by atoms with Gasteiger partial charge in [0.1, 0.15) is 0 Å². The number of sulfonamides is 1. The summed E-state index contributed by atoms with van der Waals surface area (Å²) in [6.45, 7) is 0. The first kappa shape index (κ1) is 14.6. The van der Waals surface area contributed by atoms with E-state index in [4.69, 9.17) is 5.84 Å². The van der Waals surface area contributed by atoms with Gasteiger partial charge in [-0.25, -0.2) is 18.1 Å². The van der Waals surface area contributed by atoms with Crippen LogP contribution in [0.4, 0.5) is 5.69 Å². The number of nitrogens with zero attached hydrogens (tertiary/aromatic N) is 1. The first-order valence-electron chi connectivity index (χ1n) is 6.05. The monoisotopic (exact) mass is 302 g/mol. The van der Waals surface area contributed by atoms with Crippen molar-refractivity contribution in [3.63, 3.8) is 0 Å². The number of hydrogen-bond donors (Lipinski definition) is 3. The molecule has 2 atom stereocenters. The number of nitrogen functional groups attached to an aromatic ring is 1. The minimum absolute atomic E-state index is 0.0346. The van der Waals surface area contributed by atoms with E-state index in [1.165, 1.54) is 6.20 Å². The second-order valence-electron chi connectivity index (χ2n) is 4.43. The van der Waals surface area contributed by atoms with E-state index < -0.39 is 10.0 Å². The number of nitrogens with one attached hydrogen (secondary N) is 2. The first-order valence-corrected chi connectivity index (χ1v) is 8.82. The summed E-state index contributed by atoms with van der Waals surface area (Å²) >= 11 is 1.70. The van der Waals surface area contributed by atoms with Crippen molar-refractivity contribution in [3.8, 4) is 0 Å². The molecule has 1 heterocycles. The summed E-state index contributed by atoms with van der Waals surface area (Å²) in [6.07, 6.45) is 6.39. The van der Waals surface area contributed by atoms with E-state index in [0.29, 0.717) is 10.9 Å². The fourth-order valence-corrected chi connectivity index (χ4v) is 4.74. The number of anilines is 1. The molecule has 0 bridgehead atoms. The Morgan fingerprint density at radius 1 is 1.47 bits per heavy atom. The normalized spacial score (nSPS) is 23.5. The molecule has 6 nitrogen and oxygen atoms in total. The number of rotatable bonds is 5. The third-order valence-corrected chi connectivity index (χ3v) is 5.86. The summed E-state index contributed by atoms with van der Waals surface area (Å²) in [5.74, 6) is 5.32. The van der Waals surface area contributed by atoms with Crippen molar-refractivity contribution in [2.24, 2.45) is 5.84 Å². The number of thioether (sulfide) groups is 1. The maximum atomic E-state index is 12.4. The summed E-state index contributed by atoms with van der Waals surface area (Å²) in [4.78, 5) is 3.91. The van der Waals surface area contributed by atoms with Crippen LogP contribution in [0.2, 0.25) is 0 Å². The summed E-state index contributed by atoms with van der Waals surface area (Å²) in [5, 5.41) is 0.275. The van der Waals surface area contributed by atoms with E-state index >= 15 is 0 Å². The van der Waals surface area contributed by atoms with E-state index in [0.717, 1.165) is 19.3 Å². The van der Waals surface area contributed by atoms with Gasteiger partial charge in [-0.2, -0.15) is 11.8 Å². The van der Waals surface area contributed by atoms with E-state index in [-0.39, 0.29) is 11.1 Å². The molecule has 19 heavy (non-hydrogen) atoms. The second kappa shape index (κ2) is 6.08. The predicted octanol–water partition coefficient (Wildman–Crippen LogP) is 0.930. The highest BCUT2D eigenvalue weighted by molar-refractivity contribution is 7.99. The van der Waals surface area contributed by atoms with Crippen molar-refractivity contribution in [3.05, 3.63) is 18.3 Å². The van der Waals surface area contributed by atoms with E-state index in [9.17, 15) is 8.42 Å². The Labute approximate surface area is 117 Å². The maximum Gasteiger partial charge on any atom is 0.260 e. The summed E-state index contributed by atoms with van der Waals surface area (Å²) in [5.41, 5.74) is 2.66. The Morgan fingerprint density at radius 2 is 2.26 bits per heavy atom. The molecule has 0 spiro atoms. The maximum absolute atomic E-state index is 12.4. The van der Waals surface area contributed by atoms with E-state index in [1.807, 2.05) is 6.26 Å². The van der Waals surface area contributed by atoms with Crippen molar-refractivity contribution in [1.29, 1.82) is 0 Å². The van der Waals surface area contributed by atoms with Crippen LogP contribution >= 0.6 is 11.8 Å². The van der Waals surface area contributed by atoms with Crippen LogP contribution in [0, 0.1) is 0 Å². The SMILES string of the molecule is CSC1CCCC1NS(=O)(=O)c1ncccc1NN. The van der Waals surface area contributed by atoms with Gasteiger partial charge in [0.2, 0.25) is 0 Å². The zero-order valence-electron chi connectivity index (χ0n) is 10.7. The molecule has 0 aliphatic heterocycles. The number of nitrogens with two attached hydrogens (primary N) is 1. The zero-order valence-corrected chi connectivity index (χ0v) is 12.3. The topological polar surface area (TPSA) is 97.1 Å². The molecule has 1 fully saturated rings. The molecule has 2 unspecified atom stereocenters. The quantitative estimate of drug-likeness (QED) is 0.553. The van der Waals surface area contributed by atoms with Crippen LogP contribution in [0.15, 0.2) is 23.4 Å². The van der Waals surface area contributed by atoms with E-state index in [2.05, 4.69) is 15.1 Å². The largest absolute Gasteiger partial charge is 0.321 e. The van der Waals surface area contributed by atoms with Crippen LogP contribution in [0.5, 0.6) is 0 Å². The lowest BCUT2D eigenvalue weighted by atomic mass is 10.3. The van der Waals surface area contributed by atoms with Crippen molar-refractivity contribution >= 4 is 27.5 Å². The smallest absolute Gasteiger partial charge is 0.260 e. The lowest BCUT2D eigenvalue weighted by Crippen LogP contribution is -2.39. The van der Waals surface area contributed by atoms with Gasteiger partial charge in [-0.1, -0.05) is 6.42 Å². The summed E-state index contributed by atoms with van der Waals surface area (Å²) in [7, 11) is -3.65. The minimum atomic E-state index is -3.65. The first-order chi connectivity index (χ1) is 9.08. The van der Waals surface area contributed by atoms with Gasteiger partial charge in [-0.05, 0) is 31.2 Å². The molecular weight excluding hydrogens is 284 g/mol. The minimum Gasteiger partial charge on any atom is -0.321 e. The number of hydrogen-bond acceptors (Lipinski definition) is 6. The van der Waals surface area contributed by atoms with Crippen molar-refractivity contribution in [2.45, 2.75) is 35.6 Å². The van der Waals surface area contributed by atoms with Gasteiger partial charge in [-0.3, -0.25) is 5.84 Å². The van der Waals surface area contributed by atoms with Gasteiger partial charge < -0.3 is 5.43 Å². The molecule has 0 radical (unpaired) electrons. The zero-order chi connectivity index (χ0) is 13.9. The molecule has 0 saturated heterocycles. The molecule has 1 aliphatic carbocycles.